The first-order chi connectivity index (χ1) is 18.8. The molecule has 0 fully saturated rings. The third kappa shape index (κ3) is 8.09. The highest BCUT2D eigenvalue weighted by molar-refractivity contribution is 9.09. The lowest BCUT2D eigenvalue weighted by Crippen LogP contribution is -2.00. The molecule has 0 saturated carbocycles. The van der Waals surface area contributed by atoms with Crippen LogP contribution in [-0.4, -0.2) is 23.9 Å². The summed E-state index contributed by atoms with van der Waals surface area (Å²) in [5.41, 5.74) is 7.03. The Morgan fingerprint density at radius 2 is 0.763 bits per heavy atom. The molecule has 0 radical (unpaired) electrons. The van der Waals surface area contributed by atoms with Crippen LogP contribution in [0.1, 0.15) is 47.9 Å². The van der Waals surface area contributed by atoms with Crippen LogP contribution < -0.4 is 9.47 Å². The summed E-state index contributed by atoms with van der Waals surface area (Å²) in [6.45, 7) is 1.46. The van der Waals surface area contributed by atoms with Crippen LogP contribution in [0.25, 0.3) is 11.1 Å². The van der Waals surface area contributed by atoms with Gasteiger partial charge in [-0.2, -0.15) is 0 Å². The van der Waals surface area contributed by atoms with Crippen molar-refractivity contribution in [2.24, 2.45) is 0 Å². The Hall–Kier alpha value is -2.82. The maximum atomic E-state index is 5.99. The summed E-state index contributed by atoms with van der Waals surface area (Å²) < 4.78 is 12.0. The van der Waals surface area contributed by atoms with Gasteiger partial charge in [-0.1, -0.05) is 117 Å². The lowest BCUT2D eigenvalue weighted by Gasteiger charge is -2.19. The first-order valence-corrected chi connectivity index (χ1v) is 15.5. The molecule has 0 amide bonds. The van der Waals surface area contributed by atoms with Crippen molar-refractivity contribution in [3.05, 3.63) is 131 Å². The van der Waals surface area contributed by atoms with Crippen LogP contribution in [0.4, 0.5) is 0 Å². The summed E-state index contributed by atoms with van der Waals surface area (Å²) in [5, 5.41) is 2.01. The molecule has 0 aromatic heterocycles. The van der Waals surface area contributed by atoms with Crippen LogP contribution in [-0.2, 0) is 0 Å². The van der Waals surface area contributed by atoms with Gasteiger partial charge in [0.05, 0.1) is 13.2 Å². The van der Waals surface area contributed by atoms with Crippen LogP contribution in [0, 0.1) is 0 Å². The van der Waals surface area contributed by atoms with Crippen LogP contribution in [0.2, 0.25) is 0 Å². The Morgan fingerprint density at radius 3 is 1.11 bits per heavy atom. The minimum Gasteiger partial charge on any atom is -0.494 e. The Morgan fingerprint density at radius 1 is 0.421 bits per heavy atom. The standard InChI is InChI=1S/C34H34Br2O2/c35-23-7-9-25-37-31-19-15-29(16-20-31)33(27-11-3-1-4-12-27)34(28-13-5-2-6-14-28)30-17-21-32(22-18-30)38-26-10-8-24-36/h1-6,11-22H,7-10,23-26H2/b34-33+. The predicted molar refractivity (Wildman–Crippen MR) is 168 cm³/mol. The fourth-order valence-electron chi connectivity index (χ4n) is 4.33. The zero-order valence-electron chi connectivity index (χ0n) is 21.6. The van der Waals surface area contributed by atoms with Gasteiger partial charge in [-0.15, -0.1) is 0 Å². The molecule has 0 aliphatic heterocycles. The zero-order chi connectivity index (χ0) is 26.4. The van der Waals surface area contributed by atoms with Crippen molar-refractivity contribution in [2.45, 2.75) is 25.7 Å². The molecular weight excluding hydrogens is 600 g/mol. The Balaban J connectivity index is 1.75. The van der Waals surface area contributed by atoms with E-state index >= 15 is 0 Å². The fourth-order valence-corrected chi connectivity index (χ4v) is 5.12. The van der Waals surface area contributed by atoms with E-state index in [2.05, 4.69) is 141 Å². The summed E-state index contributed by atoms with van der Waals surface area (Å²) in [7, 11) is 0. The number of benzene rings is 4. The normalized spacial score (nSPS) is 11.6. The average molecular weight is 634 g/mol. The van der Waals surface area contributed by atoms with Crippen LogP contribution >= 0.6 is 31.9 Å². The summed E-state index contributed by atoms with van der Waals surface area (Å²) in [5.74, 6) is 1.80. The topological polar surface area (TPSA) is 18.5 Å². The number of halogens is 2. The Bertz CT molecular complexity index is 1150. The molecule has 0 unspecified atom stereocenters. The van der Waals surface area contributed by atoms with Gasteiger partial charge >= 0.3 is 0 Å². The highest BCUT2D eigenvalue weighted by Crippen LogP contribution is 2.37. The maximum absolute atomic E-state index is 5.99. The van der Waals surface area contributed by atoms with Gasteiger partial charge in [-0.25, -0.2) is 0 Å². The SMILES string of the molecule is BrCCCCOc1ccc(/C(=C(\c2ccccc2)c2ccc(OCCCCBr)cc2)c2ccccc2)cc1. The van der Waals surface area contributed by atoms with Gasteiger partial charge in [0.15, 0.2) is 0 Å². The molecule has 0 saturated heterocycles. The zero-order valence-corrected chi connectivity index (χ0v) is 24.8. The van der Waals surface area contributed by atoms with Crippen molar-refractivity contribution >= 4 is 43.0 Å². The number of unbranched alkanes of at least 4 members (excludes halogenated alkanes) is 2. The van der Waals surface area contributed by atoms with E-state index in [0.717, 1.165) is 72.2 Å². The van der Waals surface area contributed by atoms with Gasteiger partial charge in [-0.3, -0.25) is 0 Å². The van der Waals surface area contributed by atoms with Crippen molar-refractivity contribution in [3.63, 3.8) is 0 Å². The summed E-state index contributed by atoms with van der Waals surface area (Å²) in [4.78, 5) is 0. The monoisotopic (exact) mass is 632 g/mol. The molecule has 196 valence electrons. The van der Waals surface area contributed by atoms with Gasteiger partial charge in [0.25, 0.3) is 0 Å². The summed E-state index contributed by atoms with van der Waals surface area (Å²) >= 11 is 6.97. The first kappa shape index (κ1) is 28.2. The van der Waals surface area contributed by atoms with Crippen molar-refractivity contribution in [1.29, 1.82) is 0 Å². The van der Waals surface area contributed by atoms with Crippen LogP contribution in [0.3, 0.4) is 0 Å². The largest absolute Gasteiger partial charge is 0.494 e. The van der Waals surface area contributed by atoms with E-state index in [4.69, 9.17) is 9.47 Å². The molecule has 4 aromatic rings. The lowest BCUT2D eigenvalue weighted by atomic mass is 9.86. The third-order valence-corrected chi connectivity index (χ3v) is 7.38. The van der Waals surface area contributed by atoms with E-state index in [0.29, 0.717) is 0 Å². The first-order valence-electron chi connectivity index (χ1n) is 13.2. The van der Waals surface area contributed by atoms with Crippen molar-refractivity contribution in [2.75, 3.05) is 23.9 Å². The minimum absolute atomic E-state index is 0.728. The second kappa shape index (κ2) is 15.6. The molecule has 0 N–H and O–H groups in total. The maximum Gasteiger partial charge on any atom is 0.119 e. The highest BCUT2D eigenvalue weighted by atomic mass is 79.9. The molecule has 0 atom stereocenters. The molecule has 0 aliphatic carbocycles. The van der Waals surface area contributed by atoms with Gasteiger partial charge in [0, 0.05) is 10.7 Å². The van der Waals surface area contributed by atoms with Crippen molar-refractivity contribution in [1.82, 2.24) is 0 Å². The van der Waals surface area contributed by atoms with Crippen LogP contribution in [0.5, 0.6) is 11.5 Å². The van der Waals surface area contributed by atoms with Gasteiger partial charge < -0.3 is 9.47 Å². The molecule has 38 heavy (non-hydrogen) atoms. The molecule has 4 rings (SSSR count). The second-order valence-corrected chi connectivity index (χ2v) is 10.6. The van der Waals surface area contributed by atoms with Crippen molar-refractivity contribution in [3.8, 4) is 11.5 Å². The summed E-state index contributed by atoms with van der Waals surface area (Å²) in [6.07, 6.45) is 4.30. The molecular formula is C34H34Br2O2. The third-order valence-electron chi connectivity index (χ3n) is 6.25. The molecule has 4 heteroatoms. The van der Waals surface area contributed by atoms with E-state index in [9.17, 15) is 0 Å². The average Bonchev–Trinajstić information content (AvgIpc) is 2.98. The number of ether oxygens (including phenoxy) is 2. The minimum atomic E-state index is 0.728. The van der Waals surface area contributed by atoms with E-state index in [1.807, 2.05) is 0 Å². The van der Waals surface area contributed by atoms with Gasteiger partial charge in [0.1, 0.15) is 11.5 Å². The molecule has 0 aliphatic rings. The molecule has 0 heterocycles. The summed E-state index contributed by atoms with van der Waals surface area (Å²) in [6, 6.07) is 38.3. The Labute approximate surface area is 244 Å². The Kier molecular flexibility index (Phi) is 11.5. The molecule has 0 bridgehead atoms. The number of alkyl halides is 2. The van der Waals surface area contributed by atoms with E-state index in [-0.39, 0.29) is 0 Å². The van der Waals surface area contributed by atoms with Gasteiger partial charge in [-0.05, 0) is 83.3 Å². The predicted octanol–water partition coefficient (Wildman–Crippen LogP) is 9.80. The fraction of sp³-hybridized carbons (Fsp3) is 0.235. The van der Waals surface area contributed by atoms with Crippen LogP contribution in [0.15, 0.2) is 109 Å². The van der Waals surface area contributed by atoms with E-state index in [1.165, 1.54) is 22.3 Å². The van der Waals surface area contributed by atoms with Gasteiger partial charge in [0.2, 0.25) is 0 Å². The molecule has 0 spiro atoms. The number of rotatable bonds is 14. The lowest BCUT2D eigenvalue weighted by molar-refractivity contribution is 0.310. The second-order valence-electron chi connectivity index (χ2n) is 9.02. The molecule has 4 aromatic carbocycles. The number of hydrogen-bond acceptors (Lipinski definition) is 2. The smallest absolute Gasteiger partial charge is 0.119 e. The highest BCUT2D eigenvalue weighted by Gasteiger charge is 2.16. The quantitative estimate of drug-likeness (QED) is 0.0782. The molecule has 2 nitrogen and oxygen atoms in total. The number of hydrogen-bond donors (Lipinski definition) is 0. The van der Waals surface area contributed by atoms with Crippen molar-refractivity contribution < 1.29 is 9.47 Å². The van der Waals surface area contributed by atoms with E-state index < -0.39 is 0 Å². The van der Waals surface area contributed by atoms with E-state index in [1.54, 1.807) is 0 Å².